The number of benzene rings is 1. The molecule has 114 valence electrons. The summed E-state index contributed by atoms with van der Waals surface area (Å²) in [5.74, 6) is -1.11. The van der Waals surface area contributed by atoms with Crippen molar-refractivity contribution in [3.63, 3.8) is 0 Å². The Labute approximate surface area is 122 Å². The Kier molecular flexibility index (Phi) is 4.14. The number of nitrogens with two attached hydrogens (primary N) is 1. The lowest BCUT2D eigenvalue weighted by Gasteiger charge is -2.13. The number of carbonyl (C=O) groups is 2. The van der Waals surface area contributed by atoms with Crippen LogP contribution in [-0.4, -0.2) is 37.8 Å². The van der Waals surface area contributed by atoms with Crippen LogP contribution in [0.3, 0.4) is 0 Å². The monoisotopic (exact) mass is 313 g/mol. The first-order chi connectivity index (χ1) is 9.83. The molecule has 1 amide bonds. The topological polar surface area (TPSA) is 119 Å². The third-order valence-corrected chi connectivity index (χ3v) is 4.30. The van der Waals surface area contributed by atoms with Gasteiger partial charge in [-0.05, 0) is 24.6 Å². The van der Waals surface area contributed by atoms with Crippen molar-refractivity contribution < 1.29 is 22.7 Å². The highest BCUT2D eigenvalue weighted by atomic mass is 32.2. The van der Waals surface area contributed by atoms with E-state index in [0.29, 0.717) is 5.56 Å². The number of esters is 1. The molecule has 0 aromatic heterocycles. The Hall–Kier alpha value is -2.13. The lowest BCUT2D eigenvalue weighted by molar-refractivity contribution is -0.118. The number of ether oxygens (including phenoxy) is 1. The van der Waals surface area contributed by atoms with Gasteiger partial charge in [-0.1, -0.05) is 6.07 Å². The Morgan fingerprint density at radius 1 is 1.48 bits per heavy atom. The summed E-state index contributed by atoms with van der Waals surface area (Å²) in [7, 11) is -3.78. The quantitative estimate of drug-likeness (QED) is 0.578. The Morgan fingerprint density at radius 2 is 2.19 bits per heavy atom. The van der Waals surface area contributed by atoms with Gasteiger partial charge in [0.2, 0.25) is 5.91 Å². The fraction of sp³-hybridized carbons (Fsp3) is 0.333. The zero-order valence-electron chi connectivity index (χ0n) is 11.3. The van der Waals surface area contributed by atoms with Crippen molar-refractivity contribution in [1.29, 1.82) is 0 Å². The highest BCUT2D eigenvalue weighted by Crippen LogP contribution is 2.19. The molecule has 1 aliphatic rings. The van der Waals surface area contributed by atoms with Gasteiger partial charge < -0.3 is 10.5 Å². The van der Waals surface area contributed by atoms with Crippen molar-refractivity contribution >= 4 is 27.8 Å². The molecule has 1 heterocycles. The molecule has 0 aliphatic carbocycles. The van der Waals surface area contributed by atoms with Crippen LogP contribution in [0.2, 0.25) is 0 Å². The smallest absolute Gasteiger partial charge is 0.340 e. The number of nitrogen functional groups attached to an aromatic ring is 1. The molecule has 0 spiro atoms. The minimum absolute atomic E-state index is 0.00558. The van der Waals surface area contributed by atoms with Gasteiger partial charge in [0.05, 0.1) is 18.7 Å². The molecule has 0 bridgehead atoms. The lowest BCUT2D eigenvalue weighted by atomic mass is 10.1. The second kappa shape index (κ2) is 5.70. The van der Waals surface area contributed by atoms with Crippen LogP contribution in [0.25, 0.3) is 0 Å². The number of hydrogen-bond donors (Lipinski definition) is 2. The van der Waals surface area contributed by atoms with Crippen LogP contribution < -0.4 is 10.5 Å². The molecule has 1 saturated heterocycles. The van der Waals surface area contributed by atoms with Crippen molar-refractivity contribution in [1.82, 2.24) is 9.03 Å². The molecule has 0 saturated carbocycles. The molecule has 3 N–H and O–H groups in total. The number of carbonyl (C=O) groups excluding carboxylic acids is 2. The summed E-state index contributed by atoms with van der Waals surface area (Å²) in [4.78, 5) is 22.7. The molecule has 8 nitrogen and oxygen atoms in total. The fourth-order valence-corrected chi connectivity index (χ4v) is 3.02. The number of hydrogen-bond acceptors (Lipinski definition) is 6. The van der Waals surface area contributed by atoms with E-state index in [1.165, 1.54) is 12.1 Å². The predicted molar refractivity (Wildman–Crippen MR) is 74.3 cm³/mol. The summed E-state index contributed by atoms with van der Waals surface area (Å²) in [5.41, 5.74) is 6.76. The SMILES string of the molecule is CCOC(=O)c1ccc(CN2CC(=O)NS2(=O)=O)cc1N. The average molecular weight is 313 g/mol. The Bertz CT molecular complexity index is 686. The molecule has 0 atom stereocenters. The van der Waals surface area contributed by atoms with Crippen molar-refractivity contribution in [3.05, 3.63) is 29.3 Å². The van der Waals surface area contributed by atoms with Gasteiger partial charge in [-0.15, -0.1) is 0 Å². The number of rotatable bonds is 4. The molecule has 1 fully saturated rings. The first-order valence-corrected chi connectivity index (χ1v) is 7.63. The second-order valence-electron chi connectivity index (χ2n) is 4.44. The van der Waals surface area contributed by atoms with Crippen molar-refractivity contribution in [2.45, 2.75) is 13.5 Å². The maximum atomic E-state index is 11.6. The van der Waals surface area contributed by atoms with Crippen LogP contribution >= 0.6 is 0 Å². The van der Waals surface area contributed by atoms with Gasteiger partial charge in [0.25, 0.3) is 0 Å². The van der Waals surface area contributed by atoms with E-state index in [-0.39, 0.29) is 30.9 Å². The summed E-state index contributed by atoms with van der Waals surface area (Å²) in [6, 6.07) is 4.53. The highest BCUT2D eigenvalue weighted by molar-refractivity contribution is 7.88. The predicted octanol–water partition coefficient (Wildman–Crippen LogP) is -0.378. The summed E-state index contributed by atoms with van der Waals surface area (Å²) in [6.45, 7) is 1.68. The number of nitrogens with zero attached hydrogens (tertiary/aromatic N) is 1. The van der Waals surface area contributed by atoms with Gasteiger partial charge in [0, 0.05) is 12.2 Å². The molecule has 2 rings (SSSR count). The largest absolute Gasteiger partial charge is 0.462 e. The molecule has 1 aromatic rings. The van der Waals surface area contributed by atoms with Gasteiger partial charge in [-0.3, -0.25) is 4.79 Å². The number of anilines is 1. The summed E-state index contributed by atoms with van der Waals surface area (Å²) >= 11 is 0. The summed E-state index contributed by atoms with van der Waals surface area (Å²) in [6.07, 6.45) is 0. The maximum Gasteiger partial charge on any atom is 0.340 e. The summed E-state index contributed by atoms with van der Waals surface area (Å²) < 4.78 is 30.9. The first-order valence-electron chi connectivity index (χ1n) is 6.19. The Morgan fingerprint density at radius 3 is 2.71 bits per heavy atom. The highest BCUT2D eigenvalue weighted by Gasteiger charge is 2.33. The fourth-order valence-electron chi connectivity index (χ4n) is 1.94. The second-order valence-corrected chi connectivity index (χ2v) is 6.11. The van der Waals surface area contributed by atoms with Gasteiger partial charge in [-0.25, -0.2) is 9.52 Å². The van der Waals surface area contributed by atoms with Gasteiger partial charge in [0.15, 0.2) is 0 Å². The van der Waals surface area contributed by atoms with Crippen LogP contribution in [0, 0.1) is 0 Å². The van der Waals surface area contributed by atoms with E-state index in [9.17, 15) is 18.0 Å². The zero-order chi connectivity index (χ0) is 15.6. The molecule has 9 heteroatoms. The van der Waals surface area contributed by atoms with Crippen molar-refractivity contribution in [2.75, 3.05) is 18.9 Å². The molecule has 21 heavy (non-hydrogen) atoms. The van der Waals surface area contributed by atoms with E-state index in [1.54, 1.807) is 13.0 Å². The van der Waals surface area contributed by atoms with Gasteiger partial charge in [-0.2, -0.15) is 12.7 Å². The third-order valence-electron chi connectivity index (χ3n) is 2.87. The van der Waals surface area contributed by atoms with Crippen LogP contribution in [0.1, 0.15) is 22.8 Å². The standard InChI is InChI=1S/C12H15N3O5S/c1-2-20-12(17)9-4-3-8(5-10(9)13)6-15-7-11(16)14-21(15,18)19/h3-5H,2,6-7,13H2,1H3,(H,14,16). The maximum absolute atomic E-state index is 11.6. The van der Waals surface area contributed by atoms with Crippen molar-refractivity contribution in [3.8, 4) is 0 Å². The molecular weight excluding hydrogens is 298 g/mol. The third kappa shape index (κ3) is 3.31. The van der Waals surface area contributed by atoms with E-state index in [2.05, 4.69) is 0 Å². The van der Waals surface area contributed by atoms with Crippen LogP contribution in [0.15, 0.2) is 18.2 Å². The molecule has 0 unspecified atom stereocenters. The normalized spacial score (nSPS) is 17.5. The minimum Gasteiger partial charge on any atom is -0.462 e. The molecule has 0 radical (unpaired) electrons. The first kappa shape index (κ1) is 15.3. The van der Waals surface area contributed by atoms with E-state index in [4.69, 9.17) is 10.5 Å². The average Bonchev–Trinajstić information content (AvgIpc) is 2.62. The molecule has 1 aromatic carbocycles. The zero-order valence-corrected chi connectivity index (χ0v) is 12.1. The van der Waals surface area contributed by atoms with Crippen molar-refractivity contribution in [2.24, 2.45) is 0 Å². The molecule has 1 aliphatic heterocycles. The van der Waals surface area contributed by atoms with E-state index in [0.717, 1.165) is 4.31 Å². The minimum atomic E-state index is -3.78. The Balaban J connectivity index is 2.18. The summed E-state index contributed by atoms with van der Waals surface area (Å²) in [5, 5.41) is 0. The van der Waals surface area contributed by atoms with Crippen LogP contribution in [0.4, 0.5) is 5.69 Å². The lowest BCUT2D eigenvalue weighted by Crippen LogP contribution is -2.29. The number of nitrogens with one attached hydrogen (secondary N) is 1. The van der Waals surface area contributed by atoms with Crippen LogP contribution in [-0.2, 0) is 26.3 Å². The van der Waals surface area contributed by atoms with E-state index in [1.807, 2.05) is 4.72 Å². The van der Waals surface area contributed by atoms with Gasteiger partial charge in [0.1, 0.15) is 0 Å². The molecular formula is C12H15N3O5S. The van der Waals surface area contributed by atoms with E-state index >= 15 is 0 Å². The van der Waals surface area contributed by atoms with Gasteiger partial charge >= 0.3 is 16.2 Å². The van der Waals surface area contributed by atoms with Crippen LogP contribution in [0.5, 0.6) is 0 Å². The van der Waals surface area contributed by atoms with E-state index < -0.39 is 22.1 Å². The number of amides is 1.